The molecule has 0 saturated heterocycles. The van der Waals surface area contributed by atoms with E-state index in [0.717, 1.165) is 24.8 Å². The highest BCUT2D eigenvalue weighted by atomic mass is 32.2. The van der Waals surface area contributed by atoms with Crippen molar-refractivity contribution < 1.29 is 8.42 Å². The highest BCUT2D eigenvalue weighted by Gasteiger charge is 2.40. The SMILES string of the molecule is CCC(N)c1cccc(S(=O)(=O)NC(C)(C)C2CC2)c1. The van der Waals surface area contributed by atoms with Gasteiger partial charge in [0.1, 0.15) is 0 Å². The first-order valence-electron chi connectivity index (χ1n) is 7.16. The molecule has 0 radical (unpaired) electrons. The van der Waals surface area contributed by atoms with E-state index in [1.54, 1.807) is 18.2 Å². The van der Waals surface area contributed by atoms with E-state index in [-0.39, 0.29) is 11.6 Å². The Bertz CT molecular complexity index is 577. The molecule has 0 amide bonds. The summed E-state index contributed by atoms with van der Waals surface area (Å²) in [6.45, 7) is 5.88. The maximum atomic E-state index is 12.5. The number of hydrogen-bond donors (Lipinski definition) is 2. The van der Waals surface area contributed by atoms with Gasteiger partial charge in [-0.25, -0.2) is 13.1 Å². The van der Waals surface area contributed by atoms with Crippen molar-refractivity contribution in [3.8, 4) is 0 Å². The lowest BCUT2D eigenvalue weighted by molar-refractivity contribution is 0.400. The fourth-order valence-corrected chi connectivity index (χ4v) is 3.97. The van der Waals surface area contributed by atoms with Gasteiger partial charge in [-0.1, -0.05) is 19.1 Å². The fraction of sp³-hybridized carbons (Fsp3) is 0.600. The number of benzene rings is 1. The Balaban J connectivity index is 2.25. The van der Waals surface area contributed by atoms with E-state index in [1.807, 2.05) is 26.8 Å². The van der Waals surface area contributed by atoms with Crippen LogP contribution in [0.2, 0.25) is 0 Å². The molecule has 4 nitrogen and oxygen atoms in total. The first kappa shape index (κ1) is 15.5. The third-order valence-corrected chi connectivity index (χ3v) is 5.70. The van der Waals surface area contributed by atoms with Crippen molar-refractivity contribution in [3.63, 3.8) is 0 Å². The van der Waals surface area contributed by atoms with Gasteiger partial charge in [-0.05, 0) is 56.7 Å². The first-order chi connectivity index (χ1) is 9.26. The molecular weight excluding hydrogens is 272 g/mol. The molecule has 112 valence electrons. The molecule has 1 saturated carbocycles. The molecule has 3 N–H and O–H groups in total. The van der Waals surface area contributed by atoms with E-state index in [2.05, 4.69) is 4.72 Å². The molecule has 0 spiro atoms. The van der Waals surface area contributed by atoms with Crippen molar-refractivity contribution in [2.24, 2.45) is 11.7 Å². The van der Waals surface area contributed by atoms with Gasteiger partial charge in [0.15, 0.2) is 0 Å². The predicted molar refractivity (Wildman–Crippen MR) is 80.8 cm³/mol. The summed E-state index contributed by atoms with van der Waals surface area (Å²) in [6, 6.07) is 6.81. The van der Waals surface area contributed by atoms with E-state index in [9.17, 15) is 8.42 Å². The maximum absolute atomic E-state index is 12.5. The van der Waals surface area contributed by atoms with Crippen LogP contribution >= 0.6 is 0 Å². The van der Waals surface area contributed by atoms with Gasteiger partial charge in [0.05, 0.1) is 4.90 Å². The molecule has 2 rings (SSSR count). The molecule has 0 heterocycles. The molecule has 5 heteroatoms. The zero-order valence-corrected chi connectivity index (χ0v) is 13.2. The molecule has 20 heavy (non-hydrogen) atoms. The van der Waals surface area contributed by atoms with E-state index in [0.29, 0.717) is 10.8 Å². The van der Waals surface area contributed by atoms with Crippen LogP contribution in [0.15, 0.2) is 29.2 Å². The van der Waals surface area contributed by atoms with Crippen LogP contribution < -0.4 is 10.5 Å². The van der Waals surface area contributed by atoms with Crippen molar-refractivity contribution in [3.05, 3.63) is 29.8 Å². The van der Waals surface area contributed by atoms with Crippen LogP contribution in [0.1, 0.15) is 51.6 Å². The Morgan fingerprint density at radius 3 is 2.60 bits per heavy atom. The smallest absolute Gasteiger partial charge is 0.241 e. The second-order valence-corrected chi connectivity index (χ2v) is 7.87. The maximum Gasteiger partial charge on any atom is 0.241 e. The van der Waals surface area contributed by atoms with Gasteiger partial charge in [0, 0.05) is 11.6 Å². The van der Waals surface area contributed by atoms with Crippen molar-refractivity contribution in [1.29, 1.82) is 0 Å². The zero-order chi connectivity index (χ0) is 15.0. The van der Waals surface area contributed by atoms with Crippen molar-refractivity contribution in [1.82, 2.24) is 4.72 Å². The van der Waals surface area contributed by atoms with Gasteiger partial charge < -0.3 is 5.73 Å². The standard InChI is InChI=1S/C15H24N2O2S/c1-4-14(16)11-6-5-7-13(10-11)20(18,19)17-15(2,3)12-8-9-12/h5-7,10,12,14,17H,4,8-9,16H2,1-3H3. The highest BCUT2D eigenvalue weighted by molar-refractivity contribution is 7.89. The van der Waals surface area contributed by atoms with Crippen LogP contribution in [0.5, 0.6) is 0 Å². The Labute approximate surface area is 121 Å². The Morgan fingerprint density at radius 1 is 1.40 bits per heavy atom. The Morgan fingerprint density at radius 2 is 2.05 bits per heavy atom. The van der Waals surface area contributed by atoms with Crippen LogP contribution in [0.3, 0.4) is 0 Å². The topological polar surface area (TPSA) is 72.2 Å². The molecule has 1 aliphatic rings. The summed E-state index contributed by atoms with van der Waals surface area (Å²) in [5.74, 6) is 0.443. The number of hydrogen-bond acceptors (Lipinski definition) is 3. The summed E-state index contributed by atoms with van der Waals surface area (Å²) in [5, 5.41) is 0. The van der Waals surface area contributed by atoms with E-state index >= 15 is 0 Å². The van der Waals surface area contributed by atoms with Gasteiger partial charge in [0.25, 0.3) is 0 Å². The number of nitrogens with one attached hydrogen (secondary N) is 1. The Kier molecular flexibility index (Phi) is 4.23. The number of sulfonamides is 1. The molecule has 1 aliphatic carbocycles. The molecule has 1 fully saturated rings. The van der Waals surface area contributed by atoms with Gasteiger partial charge in [-0.15, -0.1) is 0 Å². The summed E-state index contributed by atoms with van der Waals surface area (Å²) in [5.41, 5.74) is 6.45. The summed E-state index contributed by atoms with van der Waals surface area (Å²) < 4.78 is 27.8. The lowest BCUT2D eigenvalue weighted by atomic mass is 10.0. The van der Waals surface area contributed by atoms with E-state index in [4.69, 9.17) is 5.73 Å². The minimum atomic E-state index is -3.49. The van der Waals surface area contributed by atoms with Gasteiger partial charge in [-0.2, -0.15) is 0 Å². The molecule has 0 aliphatic heterocycles. The Hall–Kier alpha value is -0.910. The summed E-state index contributed by atoms with van der Waals surface area (Å²) in [7, 11) is -3.49. The van der Waals surface area contributed by atoms with E-state index < -0.39 is 10.0 Å². The molecule has 1 atom stereocenters. The lowest BCUT2D eigenvalue weighted by Crippen LogP contribution is -2.45. The van der Waals surface area contributed by atoms with Crippen LogP contribution in [0.25, 0.3) is 0 Å². The highest BCUT2D eigenvalue weighted by Crippen LogP contribution is 2.40. The summed E-state index contributed by atoms with van der Waals surface area (Å²) in [6.07, 6.45) is 2.97. The van der Waals surface area contributed by atoms with E-state index in [1.165, 1.54) is 0 Å². The van der Waals surface area contributed by atoms with Crippen molar-refractivity contribution >= 4 is 10.0 Å². The largest absolute Gasteiger partial charge is 0.324 e. The average molecular weight is 296 g/mol. The number of rotatable bonds is 6. The normalized spacial score (nSPS) is 18.0. The third kappa shape index (κ3) is 3.40. The van der Waals surface area contributed by atoms with Crippen LogP contribution in [0.4, 0.5) is 0 Å². The second-order valence-electron chi connectivity index (χ2n) is 6.19. The summed E-state index contributed by atoms with van der Waals surface area (Å²) in [4.78, 5) is 0.299. The minimum Gasteiger partial charge on any atom is -0.324 e. The van der Waals surface area contributed by atoms with Gasteiger partial charge >= 0.3 is 0 Å². The molecule has 1 aromatic carbocycles. The van der Waals surface area contributed by atoms with Gasteiger partial charge in [-0.3, -0.25) is 0 Å². The predicted octanol–water partition coefficient (Wildman–Crippen LogP) is 2.56. The zero-order valence-electron chi connectivity index (χ0n) is 12.4. The quantitative estimate of drug-likeness (QED) is 0.847. The van der Waals surface area contributed by atoms with Crippen molar-refractivity contribution in [2.45, 2.75) is 56.5 Å². The lowest BCUT2D eigenvalue weighted by Gasteiger charge is -2.26. The third-order valence-electron chi connectivity index (χ3n) is 4.03. The summed E-state index contributed by atoms with van der Waals surface area (Å²) >= 11 is 0. The second kappa shape index (κ2) is 5.47. The molecule has 1 unspecified atom stereocenters. The number of nitrogens with two attached hydrogens (primary N) is 1. The fourth-order valence-electron chi connectivity index (χ4n) is 2.44. The molecule has 1 aromatic rings. The molecule has 0 bridgehead atoms. The van der Waals surface area contributed by atoms with Gasteiger partial charge in [0.2, 0.25) is 10.0 Å². The first-order valence-corrected chi connectivity index (χ1v) is 8.64. The minimum absolute atomic E-state index is 0.124. The molecular formula is C15H24N2O2S. The van der Waals surface area contributed by atoms with Crippen LogP contribution in [0, 0.1) is 5.92 Å². The average Bonchev–Trinajstić information content (AvgIpc) is 3.21. The monoisotopic (exact) mass is 296 g/mol. The molecule has 0 aromatic heterocycles. The van der Waals surface area contributed by atoms with Crippen LogP contribution in [-0.2, 0) is 10.0 Å². The van der Waals surface area contributed by atoms with Crippen LogP contribution in [-0.4, -0.2) is 14.0 Å². The van der Waals surface area contributed by atoms with Crippen molar-refractivity contribution in [2.75, 3.05) is 0 Å².